The van der Waals surface area contributed by atoms with Crippen molar-refractivity contribution >= 4 is 0 Å². The molecule has 0 aliphatic rings. The minimum absolute atomic E-state index is 0.468. The van der Waals surface area contributed by atoms with Gasteiger partial charge in [0, 0.05) is 19.4 Å². The molecule has 1 rings (SSSR count). The van der Waals surface area contributed by atoms with Crippen LogP contribution < -0.4 is 0 Å². The average Bonchev–Trinajstić information content (AvgIpc) is 2.13. The van der Waals surface area contributed by atoms with Crippen LogP contribution in [0, 0.1) is 0 Å². The molecule has 1 atom stereocenters. The van der Waals surface area contributed by atoms with Crippen molar-refractivity contribution < 1.29 is 5.11 Å². The maximum Gasteiger partial charge on any atom is 0.137 e. The fourth-order valence-corrected chi connectivity index (χ4v) is 0.780. The third kappa shape index (κ3) is 1.10. The van der Waals surface area contributed by atoms with Crippen LogP contribution in [0.4, 0.5) is 0 Å². The molecule has 1 aromatic rings. The predicted molar refractivity (Wildman–Crippen MR) is 33.8 cm³/mol. The van der Waals surface area contributed by atoms with Crippen LogP contribution in [-0.4, -0.2) is 14.7 Å². The van der Waals surface area contributed by atoms with E-state index in [-0.39, 0.29) is 0 Å². The van der Waals surface area contributed by atoms with Gasteiger partial charge in [0.2, 0.25) is 0 Å². The Labute approximate surface area is 54.0 Å². The van der Waals surface area contributed by atoms with Gasteiger partial charge in [-0.2, -0.15) is 0 Å². The zero-order valence-electron chi connectivity index (χ0n) is 5.57. The minimum Gasteiger partial charge on any atom is -0.385 e. The van der Waals surface area contributed by atoms with E-state index in [1.54, 1.807) is 17.7 Å². The molecule has 0 saturated heterocycles. The molecule has 3 nitrogen and oxygen atoms in total. The summed E-state index contributed by atoms with van der Waals surface area (Å²) < 4.78 is 1.80. The first kappa shape index (κ1) is 6.29. The lowest BCUT2D eigenvalue weighted by molar-refractivity contribution is 0.185. The lowest BCUT2D eigenvalue weighted by Crippen LogP contribution is -2.00. The van der Waals surface area contributed by atoms with E-state index in [1.807, 2.05) is 13.2 Å². The largest absolute Gasteiger partial charge is 0.385 e. The summed E-state index contributed by atoms with van der Waals surface area (Å²) in [7, 11) is 1.86. The quantitative estimate of drug-likeness (QED) is 0.594. The lowest BCUT2D eigenvalue weighted by atomic mass is 10.4. The molecule has 1 heterocycles. The van der Waals surface area contributed by atoms with Crippen LogP contribution in [0.5, 0.6) is 0 Å². The number of nitrogens with zero attached hydrogens (tertiary/aromatic N) is 2. The molecule has 0 fully saturated rings. The number of aliphatic hydroxyl groups is 1. The molecule has 0 radical (unpaired) electrons. The number of aliphatic hydroxyl groups excluding tert-OH is 1. The summed E-state index contributed by atoms with van der Waals surface area (Å²) in [6.07, 6.45) is 3.01. The van der Waals surface area contributed by atoms with E-state index in [1.165, 1.54) is 0 Å². The minimum atomic E-state index is -0.468. The van der Waals surface area contributed by atoms with E-state index in [2.05, 4.69) is 4.98 Å². The Hall–Kier alpha value is -0.830. The Morgan fingerprint density at radius 3 is 2.67 bits per heavy atom. The monoisotopic (exact) mass is 126 g/mol. The Kier molecular flexibility index (Phi) is 1.53. The summed E-state index contributed by atoms with van der Waals surface area (Å²) in [6, 6.07) is 0. The first-order valence-electron chi connectivity index (χ1n) is 2.87. The van der Waals surface area contributed by atoms with Crippen LogP contribution in [0.2, 0.25) is 0 Å². The molecule has 0 bridgehead atoms. The van der Waals surface area contributed by atoms with Crippen LogP contribution in [0.1, 0.15) is 18.9 Å². The third-order valence-corrected chi connectivity index (χ3v) is 1.23. The van der Waals surface area contributed by atoms with E-state index in [0.29, 0.717) is 5.82 Å². The Balaban J connectivity index is 2.94. The van der Waals surface area contributed by atoms with Crippen LogP contribution in [0.15, 0.2) is 12.4 Å². The molecule has 0 aliphatic heterocycles. The number of hydrogen-bond acceptors (Lipinski definition) is 2. The van der Waals surface area contributed by atoms with Crippen molar-refractivity contribution in [2.75, 3.05) is 0 Å². The zero-order chi connectivity index (χ0) is 6.85. The first-order valence-corrected chi connectivity index (χ1v) is 2.87. The molecular formula is C6H10N2O. The highest BCUT2D eigenvalue weighted by molar-refractivity contribution is 4.93. The summed E-state index contributed by atoms with van der Waals surface area (Å²) >= 11 is 0. The van der Waals surface area contributed by atoms with Crippen LogP contribution in [0.3, 0.4) is 0 Å². The highest BCUT2D eigenvalue weighted by Gasteiger charge is 2.03. The predicted octanol–water partition coefficient (Wildman–Crippen LogP) is 0.473. The standard InChI is InChI=1S/C6H10N2O/c1-5(9)6-7-3-4-8(6)2/h3-5,9H,1-2H3. The Bertz CT molecular complexity index is 193. The topological polar surface area (TPSA) is 38.1 Å². The average molecular weight is 126 g/mol. The molecule has 3 heteroatoms. The van der Waals surface area contributed by atoms with Gasteiger partial charge in [-0.05, 0) is 6.92 Å². The molecule has 1 N–H and O–H groups in total. The molecule has 1 unspecified atom stereocenters. The van der Waals surface area contributed by atoms with Crippen LogP contribution in [-0.2, 0) is 7.05 Å². The van der Waals surface area contributed by atoms with Gasteiger partial charge in [-0.15, -0.1) is 0 Å². The summed E-state index contributed by atoms with van der Waals surface area (Å²) in [5, 5.41) is 9.01. The van der Waals surface area contributed by atoms with E-state index in [4.69, 9.17) is 5.11 Å². The maximum atomic E-state index is 9.01. The van der Waals surface area contributed by atoms with Crippen molar-refractivity contribution in [3.05, 3.63) is 18.2 Å². The van der Waals surface area contributed by atoms with Gasteiger partial charge in [-0.1, -0.05) is 0 Å². The van der Waals surface area contributed by atoms with E-state index < -0.39 is 6.10 Å². The fraction of sp³-hybridized carbons (Fsp3) is 0.500. The van der Waals surface area contributed by atoms with Crippen LogP contribution in [0.25, 0.3) is 0 Å². The molecule has 0 spiro atoms. The van der Waals surface area contributed by atoms with E-state index >= 15 is 0 Å². The first-order chi connectivity index (χ1) is 4.22. The second kappa shape index (κ2) is 2.19. The van der Waals surface area contributed by atoms with Gasteiger partial charge in [0.05, 0.1) is 0 Å². The molecule has 0 aliphatic carbocycles. The van der Waals surface area contributed by atoms with E-state index in [9.17, 15) is 0 Å². The van der Waals surface area contributed by atoms with Gasteiger partial charge in [0.1, 0.15) is 11.9 Å². The van der Waals surface area contributed by atoms with Crippen molar-refractivity contribution in [2.45, 2.75) is 13.0 Å². The molecule has 1 aromatic heterocycles. The van der Waals surface area contributed by atoms with Gasteiger partial charge in [-0.3, -0.25) is 0 Å². The SMILES string of the molecule is CC(O)c1nccn1C. The lowest BCUT2D eigenvalue weighted by Gasteiger charge is -2.01. The van der Waals surface area contributed by atoms with Crippen molar-refractivity contribution in [1.82, 2.24) is 9.55 Å². The summed E-state index contributed by atoms with van der Waals surface area (Å²) in [5.41, 5.74) is 0. The molecule has 9 heavy (non-hydrogen) atoms. The van der Waals surface area contributed by atoms with Crippen molar-refractivity contribution in [2.24, 2.45) is 7.05 Å². The molecular weight excluding hydrogens is 116 g/mol. The fourth-order valence-electron chi connectivity index (χ4n) is 0.780. The highest BCUT2D eigenvalue weighted by Crippen LogP contribution is 2.05. The normalized spacial score (nSPS) is 13.7. The number of rotatable bonds is 1. The third-order valence-electron chi connectivity index (χ3n) is 1.23. The molecule has 50 valence electrons. The second-order valence-corrected chi connectivity index (χ2v) is 2.07. The van der Waals surface area contributed by atoms with E-state index in [0.717, 1.165) is 0 Å². The summed E-state index contributed by atoms with van der Waals surface area (Å²) in [4.78, 5) is 3.93. The van der Waals surface area contributed by atoms with Crippen molar-refractivity contribution in [3.63, 3.8) is 0 Å². The summed E-state index contributed by atoms with van der Waals surface area (Å²) in [6.45, 7) is 1.70. The van der Waals surface area contributed by atoms with Gasteiger partial charge in [-0.25, -0.2) is 4.98 Å². The maximum absolute atomic E-state index is 9.01. The molecule has 0 aromatic carbocycles. The Morgan fingerprint density at radius 2 is 2.44 bits per heavy atom. The number of aryl methyl sites for hydroxylation is 1. The smallest absolute Gasteiger partial charge is 0.137 e. The van der Waals surface area contributed by atoms with Crippen molar-refractivity contribution in [3.8, 4) is 0 Å². The van der Waals surface area contributed by atoms with Gasteiger partial charge in [0.25, 0.3) is 0 Å². The van der Waals surface area contributed by atoms with Crippen molar-refractivity contribution in [1.29, 1.82) is 0 Å². The van der Waals surface area contributed by atoms with Gasteiger partial charge < -0.3 is 9.67 Å². The zero-order valence-corrected chi connectivity index (χ0v) is 5.57. The molecule has 0 amide bonds. The van der Waals surface area contributed by atoms with Gasteiger partial charge in [0.15, 0.2) is 0 Å². The second-order valence-electron chi connectivity index (χ2n) is 2.07. The summed E-state index contributed by atoms with van der Waals surface area (Å²) in [5.74, 6) is 0.704. The van der Waals surface area contributed by atoms with Gasteiger partial charge >= 0.3 is 0 Å². The Morgan fingerprint density at radius 1 is 1.78 bits per heavy atom. The van der Waals surface area contributed by atoms with Crippen LogP contribution >= 0.6 is 0 Å². The number of aromatic nitrogens is 2. The number of hydrogen-bond donors (Lipinski definition) is 1. The number of imidazole rings is 1. The molecule has 0 saturated carbocycles. The highest BCUT2D eigenvalue weighted by atomic mass is 16.3.